The van der Waals surface area contributed by atoms with E-state index < -0.39 is 0 Å². The van der Waals surface area contributed by atoms with Gasteiger partial charge in [-0.1, -0.05) is 0 Å². The van der Waals surface area contributed by atoms with Crippen molar-refractivity contribution in [1.29, 1.82) is 5.26 Å². The highest BCUT2D eigenvalue weighted by Gasteiger charge is 2.36. The number of carbonyl (C=O) groups excluding carboxylic acids is 1. The number of nitriles is 1. The third kappa shape index (κ3) is 4.02. The van der Waals surface area contributed by atoms with Crippen LogP contribution in [-0.4, -0.2) is 69.8 Å². The van der Waals surface area contributed by atoms with Gasteiger partial charge >= 0.3 is 0 Å². The van der Waals surface area contributed by atoms with E-state index in [0.29, 0.717) is 24.7 Å². The molecular weight excluding hydrogens is 480 g/mol. The normalized spacial score (nSPS) is 19.8. The molecule has 0 bridgehead atoms. The minimum atomic E-state index is 0.0837. The molecule has 1 atom stereocenters. The summed E-state index contributed by atoms with van der Waals surface area (Å²) < 4.78 is 9.62. The molecule has 5 heterocycles. The van der Waals surface area contributed by atoms with Gasteiger partial charge in [-0.3, -0.25) is 14.2 Å². The van der Waals surface area contributed by atoms with Gasteiger partial charge in [0.1, 0.15) is 0 Å². The summed E-state index contributed by atoms with van der Waals surface area (Å²) in [6, 6.07) is 7.03. The van der Waals surface area contributed by atoms with Crippen molar-refractivity contribution in [2.24, 2.45) is 7.05 Å². The van der Waals surface area contributed by atoms with Gasteiger partial charge in [0, 0.05) is 88.4 Å². The number of aromatic nitrogens is 4. The maximum absolute atomic E-state index is 12.4. The molecule has 10 nitrogen and oxygen atoms in total. The highest BCUT2D eigenvalue weighted by molar-refractivity contribution is 5.87. The number of ether oxygens (including phenoxy) is 1. The van der Waals surface area contributed by atoms with Gasteiger partial charge in [-0.15, -0.1) is 0 Å². The average molecular weight is 515 g/mol. The first-order valence-electron chi connectivity index (χ1n) is 13.4. The number of amides is 1. The number of hydrogen-bond donors (Lipinski definition) is 0. The Kier molecular flexibility index (Phi) is 6.11. The highest BCUT2D eigenvalue weighted by Crippen LogP contribution is 2.45. The standard InChI is InChI=1S/C28H34N8O2/c1-18-15-35(27-11-20(13-29)23(12-26(27)33(18)4)21-14-30-32(3)16-21)28-24-17-34(19(2)37)8-5-25(24)36(31-28)22-6-9-38-10-7-22/h11-12,14,16,18,22H,5-10,15,17H2,1-4H3. The van der Waals surface area contributed by atoms with Crippen LogP contribution < -0.4 is 9.80 Å². The third-order valence-electron chi connectivity index (χ3n) is 8.33. The van der Waals surface area contributed by atoms with Crippen molar-refractivity contribution >= 4 is 23.1 Å². The summed E-state index contributed by atoms with van der Waals surface area (Å²) in [6.07, 6.45) is 6.40. The van der Waals surface area contributed by atoms with Crippen molar-refractivity contribution in [3.8, 4) is 17.2 Å². The van der Waals surface area contributed by atoms with Crippen LogP contribution in [0.3, 0.4) is 0 Å². The van der Waals surface area contributed by atoms with Crippen LogP contribution in [-0.2, 0) is 29.5 Å². The zero-order valence-corrected chi connectivity index (χ0v) is 22.5. The predicted octanol–water partition coefficient (Wildman–Crippen LogP) is 3.39. The molecule has 0 spiro atoms. The van der Waals surface area contributed by atoms with E-state index in [2.05, 4.69) is 45.7 Å². The fraction of sp³-hybridized carbons (Fsp3) is 0.500. The zero-order valence-electron chi connectivity index (χ0n) is 22.5. The van der Waals surface area contributed by atoms with E-state index in [-0.39, 0.29) is 11.9 Å². The molecule has 1 aromatic carbocycles. The van der Waals surface area contributed by atoms with Crippen molar-refractivity contribution in [1.82, 2.24) is 24.5 Å². The molecule has 1 fully saturated rings. The number of nitrogens with zero attached hydrogens (tertiary/aromatic N) is 8. The van der Waals surface area contributed by atoms with Crippen molar-refractivity contribution in [3.63, 3.8) is 0 Å². The van der Waals surface area contributed by atoms with E-state index in [1.807, 2.05) is 24.2 Å². The SMILES string of the molecule is CC(=O)N1CCc2c(c(N3CC(C)N(C)c4cc(-c5cnn(C)c5)c(C#N)cc43)nn2C2CCOCC2)C1. The summed E-state index contributed by atoms with van der Waals surface area (Å²) >= 11 is 0. The second-order valence-corrected chi connectivity index (χ2v) is 10.7. The number of carbonyl (C=O) groups is 1. The molecule has 1 saturated heterocycles. The molecule has 3 aromatic rings. The van der Waals surface area contributed by atoms with E-state index in [0.717, 1.165) is 72.9 Å². The van der Waals surface area contributed by atoms with Gasteiger partial charge in [0.05, 0.1) is 41.8 Å². The van der Waals surface area contributed by atoms with E-state index >= 15 is 0 Å². The van der Waals surface area contributed by atoms with Crippen LogP contribution in [0.25, 0.3) is 11.1 Å². The molecule has 1 unspecified atom stereocenters. The largest absolute Gasteiger partial charge is 0.381 e. The van der Waals surface area contributed by atoms with Crippen molar-refractivity contribution in [2.75, 3.05) is 43.2 Å². The summed E-state index contributed by atoms with van der Waals surface area (Å²) in [4.78, 5) is 18.8. The lowest BCUT2D eigenvalue weighted by molar-refractivity contribution is -0.129. The molecule has 38 heavy (non-hydrogen) atoms. The van der Waals surface area contributed by atoms with Crippen LogP contribution in [0.5, 0.6) is 0 Å². The van der Waals surface area contributed by atoms with Gasteiger partial charge < -0.3 is 19.4 Å². The second kappa shape index (κ2) is 9.48. The van der Waals surface area contributed by atoms with Gasteiger partial charge in [-0.2, -0.15) is 15.5 Å². The summed E-state index contributed by atoms with van der Waals surface area (Å²) in [7, 11) is 3.99. The summed E-state index contributed by atoms with van der Waals surface area (Å²) in [5, 5.41) is 19.7. The van der Waals surface area contributed by atoms with Crippen molar-refractivity contribution in [3.05, 3.63) is 41.3 Å². The minimum Gasteiger partial charge on any atom is -0.381 e. The van der Waals surface area contributed by atoms with Gasteiger partial charge in [-0.25, -0.2) is 0 Å². The molecule has 0 N–H and O–H groups in total. The lowest BCUT2D eigenvalue weighted by atomic mass is 9.97. The number of rotatable bonds is 3. The third-order valence-corrected chi connectivity index (χ3v) is 8.33. The Morgan fingerprint density at radius 3 is 2.66 bits per heavy atom. The Morgan fingerprint density at radius 2 is 1.97 bits per heavy atom. The molecule has 6 rings (SSSR count). The Balaban J connectivity index is 1.51. The minimum absolute atomic E-state index is 0.0837. The summed E-state index contributed by atoms with van der Waals surface area (Å²) in [5.74, 6) is 0.983. The number of hydrogen-bond acceptors (Lipinski definition) is 7. The smallest absolute Gasteiger partial charge is 0.219 e. The van der Waals surface area contributed by atoms with Gasteiger partial charge in [-0.05, 0) is 31.9 Å². The molecule has 10 heteroatoms. The number of anilines is 3. The molecule has 198 valence electrons. The van der Waals surface area contributed by atoms with Crippen LogP contribution in [0, 0.1) is 11.3 Å². The first-order valence-corrected chi connectivity index (χ1v) is 13.4. The zero-order chi connectivity index (χ0) is 26.6. The van der Waals surface area contributed by atoms with Crippen molar-refractivity contribution in [2.45, 2.75) is 51.7 Å². The van der Waals surface area contributed by atoms with Crippen LogP contribution in [0.2, 0.25) is 0 Å². The predicted molar refractivity (Wildman–Crippen MR) is 144 cm³/mol. The maximum atomic E-state index is 12.4. The topological polar surface area (TPSA) is 95.5 Å². The first kappa shape index (κ1) is 24.5. The molecular formula is C28H34N8O2. The quantitative estimate of drug-likeness (QED) is 0.529. The number of likely N-dealkylation sites (N-methyl/N-ethyl adjacent to an activating group) is 1. The molecule has 0 saturated carbocycles. The van der Waals surface area contributed by atoms with Gasteiger partial charge in [0.15, 0.2) is 5.82 Å². The fourth-order valence-corrected chi connectivity index (χ4v) is 6.04. The summed E-state index contributed by atoms with van der Waals surface area (Å²) in [5.41, 5.74) is 6.76. The second-order valence-electron chi connectivity index (χ2n) is 10.7. The van der Waals surface area contributed by atoms with Crippen LogP contribution in [0.1, 0.15) is 49.6 Å². The summed E-state index contributed by atoms with van der Waals surface area (Å²) in [6.45, 7) is 7.33. The number of aryl methyl sites for hydroxylation is 1. The Morgan fingerprint density at radius 1 is 1.18 bits per heavy atom. The fourth-order valence-electron chi connectivity index (χ4n) is 6.04. The lowest BCUT2D eigenvalue weighted by Gasteiger charge is -2.41. The first-order chi connectivity index (χ1) is 18.4. The van der Waals surface area contributed by atoms with Crippen LogP contribution >= 0.6 is 0 Å². The van der Waals surface area contributed by atoms with Gasteiger partial charge in [0.2, 0.25) is 5.91 Å². The highest BCUT2D eigenvalue weighted by atomic mass is 16.5. The van der Waals surface area contributed by atoms with Crippen molar-refractivity contribution < 1.29 is 9.53 Å². The molecule has 0 aliphatic carbocycles. The van der Waals surface area contributed by atoms with Gasteiger partial charge in [0.25, 0.3) is 0 Å². The lowest BCUT2D eigenvalue weighted by Crippen LogP contribution is -2.44. The van der Waals surface area contributed by atoms with E-state index in [1.165, 1.54) is 5.69 Å². The molecule has 3 aliphatic heterocycles. The Hall–Kier alpha value is -3.84. The number of fused-ring (bicyclic) bond motifs is 2. The molecule has 0 radical (unpaired) electrons. The van der Waals surface area contributed by atoms with E-state index in [1.54, 1.807) is 17.8 Å². The monoisotopic (exact) mass is 514 g/mol. The molecule has 1 amide bonds. The molecule has 2 aromatic heterocycles. The molecule has 3 aliphatic rings. The Bertz CT molecular complexity index is 1430. The average Bonchev–Trinajstić information content (AvgIpc) is 3.54. The van der Waals surface area contributed by atoms with E-state index in [4.69, 9.17) is 9.84 Å². The van der Waals surface area contributed by atoms with Crippen LogP contribution in [0.4, 0.5) is 17.2 Å². The number of benzene rings is 1. The van der Waals surface area contributed by atoms with Crippen LogP contribution in [0.15, 0.2) is 24.5 Å². The Labute approximate surface area is 223 Å². The maximum Gasteiger partial charge on any atom is 0.219 e. The van der Waals surface area contributed by atoms with E-state index in [9.17, 15) is 10.1 Å².